The predicted octanol–water partition coefficient (Wildman–Crippen LogP) is 6.29. The van der Waals surface area contributed by atoms with Crippen molar-refractivity contribution in [2.75, 3.05) is 6.26 Å². The van der Waals surface area contributed by atoms with Crippen LogP contribution in [0.5, 0.6) is 5.75 Å². The number of phenols is 1. The largest absolute Gasteiger partial charge is 0.508 e. The molecular formula is C17H34OS. The van der Waals surface area contributed by atoms with E-state index < -0.39 is 0 Å². The van der Waals surface area contributed by atoms with Crippen LogP contribution in [-0.4, -0.2) is 16.1 Å². The van der Waals surface area contributed by atoms with Gasteiger partial charge in [0.1, 0.15) is 5.75 Å². The Bertz CT molecular complexity index is 239. The lowest BCUT2D eigenvalue weighted by Gasteiger charge is -2.12. The minimum absolute atomic E-state index is 0.329. The molecule has 1 N–H and O–H groups in total. The highest BCUT2D eigenvalue weighted by Gasteiger charge is 2.04. The van der Waals surface area contributed by atoms with Crippen molar-refractivity contribution in [2.45, 2.75) is 66.6 Å². The summed E-state index contributed by atoms with van der Waals surface area (Å²) >= 11 is 1.88. The lowest BCUT2D eigenvalue weighted by atomic mass is 10.2. The first-order valence-corrected chi connectivity index (χ1v) is 8.30. The molecule has 1 rings (SSSR count). The summed E-state index contributed by atoms with van der Waals surface area (Å²) < 4.78 is 0.458. The van der Waals surface area contributed by atoms with E-state index in [4.69, 9.17) is 5.11 Å². The lowest BCUT2D eigenvalue weighted by Crippen LogP contribution is -2.04. The van der Waals surface area contributed by atoms with E-state index in [-0.39, 0.29) is 0 Å². The van der Waals surface area contributed by atoms with Gasteiger partial charge in [-0.3, -0.25) is 0 Å². The Morgan fingerprint density at radius 1 is 1.00 bits per heavy atom. The van der Waals surface area contributed by atoms with Crippen molar-refractivity contribution < 1.29 is 5.11 Å². The van der Waals surface area contributed by atoms with Crippen LogP contribution in [0, 0.1) is 6.92 Å². The summed E-state index contributed by atoms with van der Waals surface area (Å²) in [5, 5.41) is 8.76. The van der Waals surface area contributed by atoms with Crippen LogP contribution in [0.2, 0.25) is 0 Å². The number of benzene rings is 1. The van der Waals surface area contributed by atoms with E-state index in [9.17, 15) is 0 Å². The molecule has 0 aliphatic rings. The van der Waals surface area contributed by atoms with Gasteiger partial charge in [0.15, 0.2) is 0 Å². The van der Waals surface area contributed by atoms with Gasteiger partial charge in [-0.25, -0.2) is 0 Å². The molecule has 19 heavy (non-hydrogen) atoms. The molecule has 1 aromatic rings. The van der Waals surface area contributed by atoms with Gasteiger partial charge >= 0.3 is 0 Å². The molecule has 0 fully saturated rings. The third kappa shape index (κ3) is 26.8. The zero-order chi connectivity index (χ0) is 15.9. The second-order valence-corrected chi connectivity index (χ2v) is 6.49. The number of thioether (sulfide) groups is 1. The van der Waals surface area contributed by atoms with Gasteiger partial charge in [0.25, 0.3) is 0 Å². The zero-order valence-corrected chi connectivity index (χ0v) is 15.2. The van der Waals surface area contributed by atoms with E-state index in [2.05, 4.69) is 40.9 Å². The topological polar surface area (TPSA) is 20.2 Å². The van der Waals surface area contributed by atoms with E-state index in [0.717, 1.165) is 0 Å². The Morgan fingerprint density at radius 3 is 1.42 bits per heavy atom. The number of hydrogen-bond donors (Lipinski definition) is 1. The van der Waals surface area contributed by atoms with Crippen LogP contribution in [0.3, 0.4) is 0 Å². The van der Waals surface area contributed by atoms with Gasteiger partial charge in [0, 0.05) is 4.75 Å². The van der Waals surface area contributed by atoms with Crippen molar-refractivity contribution >= 4 is 11.8 Å². The molecular weight excluding hydrogens is 252 g/mol. The van der Waals surface area contributed by atoms with E-state index in [1.54, 1.807) is 12.1 Å². The molecule has 1 nitrogen and oxygen atoms in total. The van der Waals surface area contributed by atoms with Gasteiger partial charge in [-0.05, 0) is 25.3 Å². The quantitative estimate of drug-likeness (QED) is 0.604. The van der Waals surface area contributed by atoms with Crippen LogP contribution in [0.25, 0.3) is 0 Å². The minimum Gasteiger partial charge on any atom is -0.508 e. The molecule has 1 aromatic carbocycles. The molecule has 0 unspecified atom stereocenters. The molecule has 0 amide bonds. The first kappa shape index (κ1) is 23.5. The second-order valence-electron chi connectivity index (χ2n) is 4.86. The average Bonchev–Trinajstić information content (AvgIpc) is 2.36. The zero-order valence-electron chi connectivity index (χ0n) is 14.4. The molecule has 0 spiro atoms. The fraction of sp³-hybridized carbons (Fsp3) is 0.647. The normalized spacial score (nSPS) is 8.89. The highest BCUT2D eigenvalue weighted by Crippen LogP contribution is 2.18. The summed E-state index contributed by atoms with van der Waals surface area (Å²) in [6.07, 6.45) is 3.38. The van der Waals surface area contributed by atoms with Crippen LogP contribution >= 0.6 is 11.8 Å². The summed E-state index contributed by atoms with van der Waals surface area (Å²) in [7, 11) is 0. The standard InChI is InChI=1S/C7H8O.C5H12S.C3H8.C2H6/c1-6-2-4-7(8)5-3-6;1-5(2,3)6-4;1-3-2;1-2/h2-5,8H,1H3;1-4H3;3H2,1-2H3;1-2H3. The minimum atomic E-state index is 0.329. The maximum Gasteiger partial charge on any atom is 0.115 e. The fourth-order valence-electron chi connectivity index (χ4n) is 0.545. The van der Waals surface area contributed by atoms with Gasteiger partial charge in [-0.2, -0.15) is 11.8 Å². The second kappa shape index (κ2) is 15.4. The maximum atomic E-state index is 8.76. The summed E-state index contributed by atoms with van der Waals surface area (Å²) in [6, 6.07) is 7.09. The molecule has 0 bridgehead atoms. The first-order chi connectivity index (χ1) is 8.76. The van der Waals surface area contributed by atoms with Gasteiger partial charge in [-0.1, -0.05) is 72.6 Å². The average molecular weight is 287 g/mol. The molecule has 0 atom stereocenters. The Hall–Kier alpha value is -0.630. The monoisotopic (exact) mass is 286 g/mol. The lowest BCUT2D eigenvalue weighted by molar-refractivity contribution is 0.475. The smallest absolute Gasteiger partial charge is 0.115 e. The molecule has 0 aromatic heterocycles. The Morgan fingerprint density at radius 2 is 1.26 bits per heavy atom. The van der Waals surface area contributed by atoms with E-state index in [1.165, 1.54) is 12.0 Å². The summed E-state index contributed by atoms with van der Waals surface area (Å²) in [5.74, 6) is 0.329. The van der Waals surface area contributed by atoms with Gasteiger partial charge in [0.2, 0.25) is 0 Å². The van der Waals surface area contributed by atoms with Crippen molar-refractivity contribution in [3.05, 3.63) is 29.8 Å². The molecule has 0 aliphatic heterocycles. The first-order valence-electron chi connectivity index (χ1n) is 7.07. The third-order valence-corrected chi connectivity index (χ3v) is 2.87. The van der Waals surface area contributed by atoms with Crippen molar-refractivity contribution in [2.24, 2.45) is 0 Å². The van der Waals surface area contributed by atoms with Gasteiger partial charge in [-0.15, -0.1) is 0 Å². The third-order valence-electron chi connectivity index (χ3n) is 1.65. The predicted molar refractivity (Wildman–Crippen MR) is 93.4 cm³/mol. The van der Waals surface area contributed by atoms with Crippen LogP contribution in [0.4, 0.5) is 0 Å². The van der Waals surface area contributed by atoms with Gasteiger partial charge in [0.05, 0.1) is 0 Å². The number of aromatic hydroxyl groups is 1. The number of rotatable bonds is 0. The van der Waals surface area contributed by atoms with Crippen LogP contribution < -0.4 is 0 Å². The van der Waals surface area contributed by atoms with Crippen molar-refractivity contribution in [1.29, 1.82) is 0 Å². The number of aryl methyl sites for hydroxylation is 1. The van der Waals surface area contributed by atoms with Crippen LogP contribution in [-0.2, 0) is 0 Å². The van der Waals surface area contributed by atoms with Crippen LogP contribution in [0.1, 0.15) is 60.5 Å². The molecule has 0 saturated carbocycles. The molecule has 0 radical (unpaired) electrons. The highest BCUT2D eigenvalue weighted by molar-refractivity contribution is 7.99. The van der Waals surface area contributed by atoms with Crippen molar-refractivity contribution in [3.63, 3.8) is 0 Å². The van der Waals surface area contributed by atoms with E-state index >= 15 is 0 Å². The van der Waals surface area contributed by atoms with Crippen LogP contribution in [0.15, 0.2) is 24.3 Å². The Labute approximate surface area is 125 Å². The van der Waals surface area contributed by atoms with Gasteiger partial charge < -0.3 is 5.11 Å². The van der Waals surface area contributed by atoms with Crippen molar-refractivity contribution in [1.82, 2.24) is 0 Å². The highest BCUT2D eigenvalue weighted by atomic mass is 32.2. The molecule has 0 aliphatic carbocycles. The fourth-order valence-corrected chi connectivity index (χ4v) is 0.545. The molecule has 2 heteroatoms. The summed E-state index contributed by atoms with van der Waals surface area (Å²) in [4.78, 5) is 0. The molecule has 0 heterocycles. The molecule has 0 saturated heterocycles. The summed E-state index contributed by atoms with van der Waals surface area (Å²) in [5.41, 5.74) is 1.17. The Kier molecular flexibility index (Phi) is 19.1. The Balaban J connectivity index is -0.000000207. The molecule has 114 valence electrons. The van der Waals surface area contributed by atoms with Crippen molar-refractivity contribution in [3.8, 4) is 5.75 Å². The van der Waals surface area contributed by atoms with E-state index in [1.807, 2.05) is 44.7 Å². The maximum absolute atomic E-state index is 8.76. The number of phenolic OH excluding ortho intramolecular Hbond substituents is 1. The van der Waals surface area contributed by atoms with E-state index in [0.29, 0.717) is 10.5 Å². The SMILES string of the molecule is CC.CCC.CSC(C)(C)C.Cc1ccc(O)cc1. The number of hydrogen-bond acceptors (Lipinski definition) is 2. The summed E-state index contributed by atoms with van der Waals surface area (Å²) in [6.45, 7) is 16.9.